The van der Waals surface area contributed by atoms with E-state index in [4.69, 9.17) is 4.74 Å². The summed E-state index contributed by atoms with van der Waals surface area (Å²) >= 11 is 1.17. The van der Waals surface area contributed by atoms with E-state index in [1.54, 1.807) is 18.2 Å². The number of fused-ring (bicyclic) bond motifs is 1. The minimum absolute atomic E-state index is 0.170. The van der Waals surface area contributed by atoms with Crippen LogP contribution in [0.25, 0.3) is 11.0 Å². The number of carbonyl (C=O) groups is 1. The van der Waals surface area contributed by atoms with E-state index in [0.29, 0.717) is 24.5 Å². The van der Waals surface area contributed by atoms with Crippen molar-refractivity contribution < 1.29 is 9.53 Å². The van der Waals surface area contributed by atoms with Gasteiger partial charge in [-0.05, 0) is 44.2 Å². The van der Waals surface area contributed by atoms with E-state index in [1.165, 1.54) is 11.7 Å². The number of ether oxygens (including phenoxy) is 1. The molecule has 0 aliphatic carbocycles. The minimum atomic E-state index is -0.170. The molecule has 2 heterocycles. The molecule has 0 unspecified atom stereocenters. The van der Waals surface area contributed by atoms with Gasteiger partial charge in [-0.3, -0.25) is 4.79 Å². The summed E-state index contributed by atoms with van der Waals surface area (Å²) in [6.45, 7) is 5.44. The number of nitrogens with zero attached hydrogens (tertiary/aromatic N) is 4. The number of benzene rings is 2. The van der Waals surface area contributed by atoms with Gasteiger partial charge in [0.25, 0.3) is 5.91 Å². The van der Waals surface area contributed by atoms with Gasteiger partial charge in [0, 0.05) is 12.1 Å². The molecule has 0 spiro atoms. The van der Waals surface area contributed by atoms with Gasteiger partial charge in [-0.15, -0.1) is 0 Å². The molecule has 7 nitrogen and oxygen atoms in total. The Balaban J connectivity index is 1.43. The Morgan fingerprint density at radius 2 is 2.03 bits per heavy atom. The van der Waals surface area contributed by atoms with E-state index >= 15 is 0 Å². The van der Waals surface area contributed by atoms with Gasteiger partial charge in [-0.2, -0.15) is 8.75 Å². The van der Waals surface area contributed by atoms with Crippen LogP contribution in [0.2, 0.25) is 0 Å². The van der Waals surface area contributed by atoms with Gasteiger partial charge in [0.05, 0.1) is 35.0 Å². The van der Waals surface area contributed by atoms with Crippen LogP contribution in [0.4, 0.5) is 0 Å². The molecule has 4 aromatic rings. The van der Waals surface area contributed by atoms with E-state index in [0.717, 1.165) is 34.8 Å². The predicted octanol–water partition coefficient (Wildman–Crippen LogP) is 3.73. The lowest BCUT2D eigenvalue weighted by Gasteiger charge is -2.09. The number of carbonyl (C=O) groups excluding carboxylic acids is 1. The fourth-order valence-corrected chi connectivity index (χ4v) is 3.69. The van der Waals surface area contributed by atoms with Crippen molar-refractivity contribution in [3.05, 3.63) is 71.3 Å². The average Bonchev–Trinajstić information content (AvgIpc) is 3.33. The maximum atomic E-state index is 12.6. The Morgan fingerprint density at radius 1 is 1.17 bits per heavy atom. The Kier molecular flexibility index (Phi) is 5.53. The second-order valence-electron chi connectivity index (χ2n) is 6.56. The number of amides is 1. The largest absolute Gasteiger partial charge is 0.487 e. The third-order valence-electron chi connectivity index (χ3n) is 4.68. The number of imidazole rings is 1. The van der Waals surface area contributed by atoms with Crippen molar-refractivity contribution in [3.63, 3.8) is 0 Å². The smallest absolute Gasteiger partial charge is 0.251 e. The molecule has 0 radical (unpaired) electrons. The van der Waals surface area contributed by atoms with Crippen molar-refractivity contribution in [2.75, 3.05) is 0 Å². The van der Waals surface area contributed by atoms with Crippen LogP contribution in [-0.2, 0) is 19.7 Å². The zero-order valence-electron chi connectivity index (χ0n) is 16.3. The number of hydrogen-bond donors (Lipinski definition) is 1. The average molecular weight is 407 g/mol. The summed E-state index contributed by atoms with van der Waals surface area (Å²) in [7, 11) is 0. The van der Waals surface area contributed by atoms with Crippen LogP contribution in [0.1, 0.15) is 34.5 Å². The Morgan fingerprint density at radius 3 is 2.83 bits per heavy atom. The summed E-state index contributed by atoms with van der Waals surface area (Å²) < 4.78 is 16.2. The van der Waals surface area contributed by atoms with Crippen LogP contribution >= 0.6 is 11.7 Å². The fraction of sp³-hybridized carbons (Fsp3) is 0.238. The SMILES string of the molecule is CCn1c(CNC(=O)c2cccc(OCc3nsnc3C)c2)nc2ccccc21. The van der Waals surface area contributed by atoms with E-state index in [9.17, 15) is 4.79 Å². The second-order valence-corrected chi connectivity index (χ2v) is 7.08. The van der Waals surface area contributed by atoms with Crippen molar-refractivity contribution in [2.45, 2.75) is 33.5 Å². The van der Waals surface area contributed by atoms with Crippen LogP contribution < -0.4 is 10.1 Å². The third kappa shape index (κ3) is 4.12. The lowest BCUT2D eigenvalue weighted by atomic mass is 10.2. The summed E-state index contributed by atoms with van der Waals surface area (Å²) in [6, 6.07) is 15.1. The standard InChI is InChI=1S/C21H21N5O2S/c1-3-26-19-10-5-4-9-17(19)23-20(26)12-22-21(27)15-7-6-8-16(11-15)28-13-18-14(2)24-29-25-18/h4-11H,3,12-13H2,1-2H3,(H,22,27). The molecule has 0 saturated carbocycles. The van der Waals surface area contributed by atoms with Gasteiger partial charge in [0.2, 0.25) is 0 Å². The number of aryl methyl sites for hydroxylation is 2. The van der Waals surface area contributed by atoms with Gasteiger partial charge < -0.3 is 14.6 Å². The Labute approximate surface area is 172 Å². The molecule has 1 amide bonds. The monoisotopic (exact) mass is 407 g/mol. The number of para-hydroxylation sites is 2. The third-order valence-corrected chi connectivity index (χ3v) is 5.33. The van der Waals surface area contributed by atoms with Gasteiger partial charge in [-0.25, -0.2) is 4.98 Å². The van der Waals surface area contributed by atoms with E-state index in [2.05, 4.69) is 30.5 Å². The summed E-state index contributed by atoms with van der Waals surface area (Å²) in [5.41, 5.74) is 4.21. The quantitative estimate of drug-likeness (QED) is 0.505. The highest BCUT2D eigenvalue weighted by Crippen LogP contribution is 2.18. The first-order valence-corrected chi connectivity index (χ1v) is 10.1. The molecule has 2 aromatic heterocycles. The highest BCUT2D eigenvalue weighted by Gasteiger charge is 2.12. The summed E-state index contributed by atoms with van der Waals surface area (Å²) in [4.78, 5) is 17.3. The molecular formula is C21H21N5O2S. The van der Waals surface area contributed by atoms with Crippen molar-refractivity contribution in [1.29, 1.82) is 0 Å². The molecule has 0 aliphatic heterocycles. The van der Waals surface area contributed by atoms with Crippen LogP contribution in [0.15, 0.2) is 48.5 Å². The molecule has 0 atom stereocenters. The maximum absolute atomic E-state index is 12.6. The van der Waals surface area contributed by atoms with Gasteiger partial charge >= 0.3 is 0 Å². The van der Waals surface area contributed by atoms with E-state index in [-0.39, 0.29) is 5.91 Å². The zero-order chi connectivity index (χ0) is 20.2. The summed E-state index contributed by atoms with van der Waals surface area (Å²) in [5.74, 6) is 1.28. The molecule has 0 aliphatic rings. The summed E-state index contributed by atoms with van der Waals surface area (Å²) in [5, 5.41) is 2.96. The highest BCUT2D eigenvalue weighted by molar-refractivity contribution is 6.99. The molecule has 4 rings (SSSR count). The molecular weight excluding hydrogens is 386 g/mol. The van der Waals surface area contributed by atoms with E-state index in [1.807, 2.05) is 37.3 Å². The van der Waals surface area contributed by atoms with Gasteiger partial charge in [0.15, 0.2) is 0 Å². The molecule has 0 fully saturated rings. The van der Waals surface area contributed by atoms with Crippen LogP contribution in [0, 0.1) is 6.92 Å². The number of hydrogen-bond acceptors (Lipinski definition) is 6. The van der Waals surface area contributed by atoms with E-state index < -0.39 is 0 Å². The second kappa shape index (κ2) is 8.40. The van der Waals surface area contributed by atoms with Crippen LogP contribution in [0.5, 0.6) is 5.75 Å². The number of aromatic nitrogens is 4. The van der Waals surface area contributed by atoms with Crippen LogP contribution in [-0.4, -0.2) is 24.2 Å². The first kappa shape index (κ1) is 19.1. The molecule has 8 heteroatoms. The first-order valence-electron chi connectivity index (χ1n) is 9.39. The van der Waals surface area contributed by atoms with Crippen molar-refractivity contribution in [3.8, 4) is 5.75 Å². The molecule has 1 N–H and O–H groups in total. The van der Waals surface area contributed by atoms with Gasteiger partial charge in [0.1, 0.15) is 23.9 Å². The summed E-state index contributed by atoms with van der Waals surface area (Å²) in [6.07, 6.45) is 0. The fourth-order valence-electron chi connectivity index (χ4n) is 3.13. The Bertz CT molecular complexity index is 1150. The topological polar surface area (TPSA) is 81.9 Å². The highest BCUT2D eigenvalue weighted by atomic mass is 32.1. The predicted molar refractivity (Wildman–Crippen MR) is 112 cm³/mol. The molecule has 0 bridgehead atoms. The lowest BCUT2D eigenvalue weighted by molar-refractivity contribution is 0.0949. The normalized spacial score (nSPS) is 11.0. The number of rotatable bonds is 7. The zero-order valence-corrected chi connectivity index (χ0v) is 17.1. The molecule has 148 valence electrons. The first-order chi connectivity index (χ1) is 14.2. The van der Waals surface area contributed by atoms with Crippen LogP contribution in [0.3, 0.4) is 0 Å². The molecule has 0 saturated heterocycles. The van der Waals surface area contributed by atoms with Crippen molar-refractivity contribution >= 4 is 28.7 Å². The minimum Gasteiger partial charge on any atom is -0.487 e. The maximum Gasteiger partial charge on any atom is 0.251 e. The Hall–Kier alpha value is -3.26. The van der Waals surface area contributed by atoms with Crippen molar-refractivity contribution in [1.82, 2.24) is 23.6 Å². The van der Waals surface area contributed by atoms with Gasteiger partial charge in [-0.1, -0.05) is 18.2 Å². The van der Waals surface area contributed by atoms with Crippen molar-refractivity contribution in [2.24, 2.45) is 0 Å². The lowest BCUT2D eigenvalue weighted by Crippen LogP contribution is -2.24. The molecule has 29 heavy (non-hydrogen) atoms. The number of nitrogens with one attached hydrogen (secondary N) is 1. The molecule has 2 aromatic carbocycles.